The monoisotopic (exact) mass is 479 g/mol. The molecule has 0 aliphatic heterocycles. The fourth-order valence-corrected chi connectivity index (χ4v) is 3.77. The van der Waals surface area contributed by atoms with E-state index in [4.69, 9.17) is 37.4 Å². The molecule has 0 atom stereocenters. The minimum absolute atomic E-state index is 0.339. The lowest BCUT2D eigenvalue weighted by molar-refractivity contribution is 0.284. The molecule has 4 aromatic carbocycles. The summed E-state index contributed by atoms with van der Waals surface area (Å²) in [4.78, 5) is 0. The second-order valence-corrected chi connectivity index (χ2v) is 8.16. The normalized spacial score (nSPS) is 10.5. The van der Waals surface area contributed by atoms with Crippen molar-refractivity contribution in [3.05, 3.63) is 112 Å². The molecule has 0 fully saturated rings. The number of halogens is 2. The SMILES string of the molecule is COc1cc(CNc2ccc(Oc3ccccc3)cc2)cc(Cl)c1OCc1cccc(Cl)c1. The van der Waals surface area contributed by atoms with E-state index in [2.05, 4.69) is 5.32 Å². The maximum atomic E-state index is 6.51. The molecule has 0 heterocycles. The van der Waals surface area contributed by atoms with Gasteiger partial charge < -0.3 is 19.5 Å². The summed E-state index contributed by atoms with van der Waals surface area (Å²) in [6.07, 6.45) is 0. The van der Waals surface area contributed by atoms with Crippen molar-refractivity contribution in [3.63, 3.8) is 0 Å². The van der Waals surface area contributed by atoms with Gasteiger partial charge in [-0.25, -0.2) is 0 Å². The van der Waals surface area contributed by atoms with Crippen LogP contribution in [-0.2, 0) is 13.2 Å². The number of hydrogen-bond donors (Lipinski definition) is 1. The molecule has 0 aliphatic carbocycles. The fourth-order valence-electron chi connectivity index (χ4n) is 3.27. The minimum Gasteiger partial charge on any atom is -0.493 e. The lowest BCUT2D eigenvalue weighted by Gasteiger charge is -2.15. The third kappa shape index (κ3) is 6.35. The van der Waals surface area contributed by atoms with Gasteiger partial charge in [-0.3, -0.25) is 0 Å². The summed E-state index contributed by atoms with van der Waals surface area (Å²) in [5.41, 5.74) is 2.88. The van der Waals surface area contributed by atoms with E-state index in [1.807, 2.05) is 91.0 Å². The third-order valence-electron chi connectivity index (χ3n) is 4.89. The van der Waals surface area contributed by atoms with Gasteiger partial charge in [0.1, 0.15) is 18.1 Å². The zero-order valence-corrected chi connectivity index (χ0v) is 19.6. The van der Waals surface area contributed by atoms with Crippen molar-refractivity contribution in [2.45, 2.75) is 13.2 Å². The predicted octanol–water partition coefficient (Wildman–Crippen LogP) is 7.99. The number of para-hydroxylation sites is 1. The average Bonchev–Trinajstić information content (AvgIpc) is 2.83. The summed E-state index contributed by atoms with van der Waals surface area (Å²) in [7, 11) is 1.60. The standard InChI is InChI=1S/C27H23Cl2NO3/c1-31-26-16-20(15-25(29)27(26)32-18-19-6-5-7-21(28)14-19)17-30-22-10-12-24(13-11-22)33-23-8-3-2-4-9-23/h2-16,30H,17-18H2,1H3. The van der Waals surface area contributed by atoms with E-state index in [0.29, 0.717) is 34.7 Å². The smallest absolute Gasteiger partial charge is 0.180 e. The van der Waals surface area contributed by atoms with Crippen LogP contribution in [0.2, 0.25) is 10.0 Å². The van der Waals surface area contributed by atoms with E-state index in [1.165, 1.54) is 0 Å². The summed E-state index contributed by atoms with van der Waals surface area (Å²) in [6.45, 7) is 0.912. The Morgan fingerprint density at radius 2 is 1.52 bits per heavy atom. The lowest BCUT2D eigenvalue weighted by atomic mass is 10.2. The predicted molar refractivity (Wildman–Crippen MR) is 134 cm³/mol. The van der Waals surface area contributed by atoms with Crippen LogP contribution in [0.3, 0.4) is 0 Å². The van der Waals surface area contributed by atoms with E-state index < -0.39 is 0 Å². The summed E-state index contributed by atoms with van der Waals surface area (Å²) in [5.74, 6) is 2.66. The Morgan fingerprint density at radius 1 is 0.758 bits per heavy atom. The molecule has 6 heteroatoms. The van der Waals surface area contributed by atoms with Crippen LogP contribution in [0.1, 0.15) is 11.1 Å². The molecule has 4 rings (SSSR count). The van der Waals surface area contributed by atoms with Gasteiger partial charge in [0.15, 0.2) is 11.5 Å². The van der Waals surface area contributed by atoms with Gasteiger partial charge in [0, 0.05) is 17.3 Å². The lowest BCUT2D eigenvalue weighted by Crippen LogP contribution is -2.02. The first-order valence-electron chi connectivity index (χ1n) is 10.4. The van der Waals surface area contributed by atoms with Crippen LogP contribution in [0, 0.1) is 0 Å². The molecule has 0 aromatic heterocycles. The average molecular weight is 480 g/mol. The van der Waals surface area contributed by atoms with Crippen LogP contribution < -0.4 is 19.5 Å². The Bertz CT molecular complexity index is 1200. The van der Waals surface area contributed by atoms with Gasteiger partial charge in [0.2, 0.25) is 0 Å². The van der Waals surface area contributed by atoms with Crippen molar-refractivity contribution in [2.75, 3.05) is 12.4 Å². The van der Waals surface area contributed by atoms with Gasteiger partial charge in [0.05, 0.1) is 12.1 Å². The summed E-state index contributed by atoms with van der Waals surface area (Å²) < 4.78 is 17.3. The first kappa shape index (κ1) is 22.8. The highest BCUT2D eigenvalue weighted by atomic mass is 35.5. The van der Waals surface area contributed by atoms with Crippen LogP contribution in [0.15, 0.2) is 91.0 Å². The molecular weight excluding hydrogens is 457 g/mol. The van der Waals surface area contributed by atoms with Gasteiger partial charge in [-0.15, -0.1) is 0 Å². The number of ether oxygens (including phenoxy) is 3. The largest absolute Gasteiger partial charge is 0.493 e. The van der Waals surface area contributed by atoms with Gasteiger partial charge >= 0.3 is 0 Å². The maximum Gasteiger partial charge on any atom is 0.180 e. The molecular formula is C27H23Cl2NO3. The quantitative estimate of drug-likeness (QED) is 0.264. The molecule has 33 heavy (non-hydrogen) atoms. The molecule has 4 aromatic rings. The molecule has 4 nitrogen and oxygen atoms in total. The highest BCUT2D eigenvalue weighted by Crippen LogP contribution is 2.37. The minimum atomic E-state index is 0.339. The molecule has 0 amide bonds. The van der Waals surface area contributed by atoms with Crippen molar-refractivity contribution >= 4 is 28.9 Å². The van der Waals surface area contributed by atoms with Crippen LogP contribution in [0.4, 0.5) is 5.69 Å². The topological polar surface area (TPSA) is 39.7 Å². The van der Waals surface area contributed by atoms with E-state index in [0.717, 1.165) is 28.3 Å². The van der Waals surface area contributed by atoms with Crippen molar-refractivity contribution in [3.8, 4) is 23.0 Å². The van der Waals surface area contributed by atoms with E-state index in [9.17, 15) is 0 Å². The molecule has 0 spiro atoms. The van der Waals surface area contributed by atoms with Crippen LogP contribution in [0.5, 0.6) is 23.0 Å². The van der Waals surface area contributed by atoms with E-state index in [1.54, 1.807) is 7.11 Å². The molecule has 0 unspecified atom stereocenters. The second kappa shape index (κ2) is 11.0. The Morgan fingerprint density at radius 3 is 2.24 bits per heavy atom. The number of methoxy groups -OCH3 is 1. The fraction of sp³-hybridized carbons (Fsp3) is 0.111. The van der Waals surface area contributed by atoms with E-state index >= 15 is 0 Å². The van der Waals surface area contributed by atoms with Crippen molar-refractivity contribution < 1.29 is 14.2 Å². The third-order valence-corrected chi connectivity index (χ3v) is 5.41. The molecule has 0 saturated carbocycles. The molecule has 0 radical (unpaired) electrons. The van der Waals surface area contributed by atoms with Gasteiger partial charge in [-0.05, 0) is 71.8 Å². The highest BCUT2D eigenvalue weighted by Gasteiger charge is 2.13. The molecule has 0 bridgehead atoms. The van der Waals surface area contributed by atoms with E-state index in [-0.39, 0.29) is 0 Å². The number of anilines is 1. The molecule has 0 aliphatic rings. The first-order chi connectivity index (χ1) is 16.1. The van der Waals surface area contributed by atoms with Gasteiger partial charge in [0.25, 0.3) is 0 Å². The highest BCUT2D eigenvalue weighted by molar-refractivity contribution is 6.32. The second-order valence-electron chi connectivity index (χ2n) is 7.32. The first-order valence-corrected chi connectivity index (χ1v) is 11.2. The maximum absolute atomic E-state index is 6.51. The Labute approximate surface area is 203 Å². The van der Waals surface area contributed by atoms with Crippen LogP contribution in [-0.4, -0.2) is 7.11 Å². The van der Waals surface area contributed by atoms with Crippen LogP contribution >= 0.6 is 23.2 Å². The number of benzene rings is 4. The van der Waals surface area contributed by atoms with Gasteiger partial charge in [-0.2, -0.15) is 0 Å². The summed E-state index contributed by atoms with van der Waals surface area (Å²) in [6, 6.07) is 28.8. The molecule has 0 saturated heterocycles. The molecule has 1 N–H and O–H groups in total. The zero-order chi connectivity index (χ0) is 23.0. The Balaban J connectivity index is 1.38. The van der Waals surface area contributed by atoms with Crippen molar-refractivity contribution in [1.82, 2.24) is 0 Å². The van der Waals surface area contributed by atoms with Gasteiger partial charge in [-0.1, -0.05) is 53.5 Å². The molecule has 168 valence electrons. The number of rotatable bonds is 9. The summed E-state index contributed by atoms with van der Waals surface area (Å²) >= 11 is 12.6. The Hall–Kier alpha value is -3.34. The van der Waals surface area contributed by atoms with Crippen molar-refractivity contribution in [1.29, 1.82) is 0 Å². The summed E-state index contributed by atoms with van der Waals surface area (Å²) in [5, 5.41) is 4.54. The zero-order valence-electron chi connectivity index (χ0n) is 18.1. The number of hydrogen-bond acceptors (Lipinski definition) is 4. The Kier molecular flexibility index (Phi) is 7.61. The van der Waals surface area contributed by atoms with Crippen molar-refractivity contribution in [2.24, 2.45) is 0 Å². The number of nitrogens with one attached hydrogen (secondary N) is 1. The van der Waals surface area contributed by atoms with Crippen LogP contribution in [0.25, 0.3) is 0 Å².